The van der Waals surface area contributed by atoms with Crippen LogP contribution < -0.4 is 0 Å². The predicted octanol–water partition coefficient (Wildman–Crippen LogP) is 3.28. The largest absolute Gasteiger partial charge is 0.444 e. The van der Waals surface area contributed by atoms with Crippen molar-refractivity contribution in [2.45, 2.75) is 25.0 Å². The fourth-order valence-corrected chi connectivity index (χ4v) is 3.34. The van der Waals surface area contributed by atoms with Crippen LogP contribution in [-0.2, 0) is 20.9 Å². The lowest BCUT2D eigenvalue weighted by molar-refractivity contribution is -0.142. The molecule has 1 aromatic rings. The van der Waals surface area contributed by atoms with Gasteiger partial charge in [0.05, 0.1) is 0 Å². The summed E-state index contributed by atoms with van der Waals surface area (Å²) in [4.78, 5) is 25.9. The summed E-state index contributed by atoms with van der Waals surface area (Å²) in [6.07, 6.45) is 1.96. The maximum absolute atomic E-state index is 12.4. The standard InChI is InChI=1S/C16H18INO4/c1-2-8-16(9-10-17)14(19)22-12-18(16)15(20)21-11-13-6-4-3-5-7-13/h2-7H,1,8-12H2. The summed E-state index contributed by atoms with van der Waals surface area (Å²) < 4.78 is 11.1. The molecule has 0 aliphatic carbocycles. The molecule has 6 heteroatoms. The molecule has 0 radical (unpaired) electrons. The van der Waals surface area contributed by atoms with Gasteiger partial charge < -0.3 is 9.47 Å². The summed E-state index contributed by atoms with van der Waals surface area (Å²) in [5.41, 5.74) is -0.0954. The number of nitrogens with zero attached hydrogens (tertiary/aromatic N) is 1. The Labute approximate surface area is 143 Å². The van der Waals surface area contributed by atoms with Crippen molar-refractivity contribution in [3.63, 3.8) is 0 Å². The number of carbonyl (C=O) groups excluding carboxylic acids is 2. The number of halogens is 1. The second kappa shape index (κ2) is 7.62. The van der Waals surface area contributed by atoms with E-state index in [0.717, 1.165) is 9.99 Å². The average molecular weight is 415 g/mol. The minimum Gasteiger partial charge on any atom is -0.444 e. The molecule has 118 valence electrons. The van der Waals surface area contributed by atoms with Crippen LogP contribution in [0.3, 0.4) is 0 Å². The highest BCUT2D eigenvalue weighted by Crippen LogP contribution is 2.33. The van der Waals surface area contributed by atoms with Crippen molar-refractivity contribution in [1.82, 2.24) is 4.90 Å². The molecule has 0 bridgehead atoms. The van der Waals surface area contributed by atoms with Crippen molar-refractivity contribution in [3.8, 4) is 0 Å². The molecule has 5 nitrogen and oxygen atoms in total. The number of alkyl halides is 1. The average Bonchev–Trinajstić information content (AvgIpc) is 2.84. The molecule has 1 unspecified atom stereocenters. The Morgan fingerprint density at radius 2 is 2.18 bits per heavy atom. The number of amides is 1. The zero-order valence-corrected chi connectivity index (χ0v) is 14.3. The number of rotatable bonds is 6. The van der Waals surface area contributed by atoms with Crippen molar-refractivity contribution < 1.29 is 19.1 Å². The number of cyclic esters (lactones) is 1. The van der Waals surface area contributed by atoms with E-state index in [4.69, 9.17) is 9.47 Å². The van der Waals surface area contributed by atoms with E-state index < -0.39 is 11.6 Å². The summed E-state index contributed by atoms with van der Waals surface area (Å²) in [5.74, 6) is -0.388. The molecule has 0 spiro atoms. The lowest BCUT2D eigenvalue weighted by Crippen LogP contribution is -2.51. The quantitative estimate of drug-likeness (QED) is 0.310. The fourth-order valence-electron chi connectivity index (χ4n) is 2.44. The van der Waals surface area contributed by atoms with Crippen molar-refractivity contribution in [1.29, 1.82) is 0 Å². The van der Waals surface area contributed by atoms with E-state index in [2.05, 4.69) is 29.2 Å². The van der Waals surface area contributed by atoms with Crippen LogP contribution in [0.2, 0.25) is 0 Å². The molecule has 0 saturated carbocycles. The van der Waals surface area contributed by atoms with E-state index in [1.807, 2.05) is 30.3 Å². The first-order valence-corrected chi connectivity index (χ1v) is 8.49. The van der Waals surface area contributed by atoms with E-state index in [1.54, 1.807) is 6.08 Å². The van der Waals surface area contributed by atoms with E-state index >= 15 is 0 Å². The highest BCUT2D eigenvalue weighted by atomic mass is 127. The van der Waals surface area contributed by atoms with Crippen LogP contribution in [0.4, 0.5) is 4.79 Å². The van der Waals surface area contributed by atoms with Crippen LogP contribution in [0.25, 0.3) is 0 Å². The second-order valence-corrected chi connectivity index (χ2v) is 6.07. The number of ether oxygens (including phenoxy) is 2. The Hall–Kier alpha value is -1.57. The zero-order valence-electron chi connectivity index (χ0n) is 12.2. The SMILES string of the molecule is C=CCC1(CCI)C(=O)OCN1C(=O)OCc1ccccc1. The van der Waals surface area contributed by atoms with Gasteiger partial charge in [-0.15, -0.1) is 6.58 Å². The van der Waals surface area contributed by atoms with E-state index in [0.29, 0.717) is 12.8 Å². The van der Waals surface area contributed by atoms with Gasteiger partial charge in [0.2, 0.25) is 0 Å². The summed E-state index contributed by atoms with van der Waals surface area (Å²) in [6.45, 7) is 3.78. The first kappa shape index (κ1) is 16.8. The molecule has 1 heterocycles. The second-order valence-electron chi connectivity index (χ2n) is 4.99. The number of carbonyl (C=O) groups is 2. The van der Waals surface area contributed by atoms with Crippen molar-refractivity contribution in [2.24, 2.45) is 0 Å². The van der Waals surface area contributed by atoms with Crippen molar-refractivity contribution in [2.75, 3.05) is 11.2 Å². The highest BCUT2D eigenvalue weighted by Gasteiger charge is 2.52. The van der Waals surface area contributed by atoms with Gasteiger partial charge in [-0.25, -0.2) is 9.59 Å². The summed E-state index contributed by atoms with van der Waals surface area (Å²) in [6, 6.07) is 9.41. The number of benzene rings is 1. The van der Waals surface area contributed by atoms with Gasteiger partial charge in [0, 0.05) is 4.43 Å². The van der Waals surface area contributed by atoms with Gasteiger partial charge in [-0.3, -0.25) is 4.90 Å². The molecule has 1 fully saturated rings. The lowest BCUT2D eigenvalue weighted by atomic mass is 9.91. The van der Waals surface area contributed by atoms with Gasteiger partial charge in [0.1, 0.15) is 6.61 Å². The first-order valence-electron chi connectivity index (χ1n) is 6.96. The Morgan fingerprint density at radius 1 is 1.45 bits per heavy atom. The Bertz CT molecular complexity index is 548. The van der Waals surface area contributed by atoms with Crippen LogP contribution in [0.5, 0.6) is 0 Å². The highest BCUT2D eigenvalue weighted by molar-refractivity contribution is 14.1. The van der Waals surface area contributed by atoms with Gasteiger partial charge in [0.25, 0.3) is 0 Å². The third-order valence-electron chi connectivity index (χ3n) is 3.64. The molecule has 1 aliphatic heterocycles. The molecule has 0 N–H and O–H groups in total. The first-order chi connectivity index (χ1) is 10.6. The van der Waals surface area contributed by atoms with E-state index in [9.17, 15) is 9.59 Å². The van der Waals surface area contributed by atoms with Crippen LogP contribution in [-0.4, -0.2) is 33.7 Å². The molecule has 22 heavy (non-hydrogen) atoms. The van der Waals surface area contributed by atoms with E-state index in [-0.39, 0.29) is 19.3 Å². The van der Waals surface area contributed by atoms with Crippen LogP contribution in [0, 0.1) is 0 Å². The summed E-state index contributed by atoms with van der Waals surface area (Å²) in [5, 5.41) is 0. The molecular formula is C16H18INO4. The molecule has 1 atom stereocenters. The topological polar surface area (TPSA) is 55.8 Å². The summed E-state index contributed by atoms with van der Waals surface area (Å²) >= 11 is 2.18. The zero-order chi connectivity index (χ0) is 16.0. The maximum atomic E-state index is 12.4. The van der Waals surface area contributed by atoms with Crippen molar-refractivity contribution in [3.05, 3.63) is 48.6 Å². The summed E-state index contributed by atoms with van der Waals surface area (Å²) in [7, 11) is 0. The molecule has 0 aromatic heterocycles. The van der Waals surface area contributed by atoms with Crippen molar-refractivity contribution >= 4 is 34.7 Å². The number of hydrogen-bond acceptors (Lipinski definition) is 4. The van der Waals surface area contributed by atoms with Crippen LogP contribution in [0.15, 0.2) is 43.0 Å². The van der Waals surface area contributed by atoms with Crippen LogP contribution >= 0.6 is 22.6 Å². The van der Waals surface area contributed by atoms with Gasteiger partial charge in [-0.05, 0) is 18.4 Å². The van der Waals surface area contributed by atoms with Gasteiger partial charge in [-0.2, -0.15) is 0 Å². The molecule has 1 amide bonds. The number of hydrogen-bond donors (Lipinski definition) is 0. The minimum atomic E-state index is -0.989. The lowest BCUT2D eigenvalue weighted by Gasteiger charge is -2.31. The molecule has 1 aromatic carbocycles. The van der Waals surface area contributed by atoms with Crippen LogP contribution in [0.1, 0.15) is 18.4 Å². The molecule has 1 aliphatic rings. The predicted molar refractivity (Wildman–Crippen MR) is 90.5 cm³/mol. The van der Waals surface area contributed by atoms with Gasteiger partial charge >= 0.3 is 12.1 Å². The minimum absolute atomic E-state index is 0.0725. The Morgan fingerprint density at radius 3 is 2.82 bits per heavy atom. The molecular weight excluding hydrogens is 397 g/mol. The smallest absolute Gasteiger partial charge is 0.413 e. The Balaban J connectivity index is 2.09. The van der Waals surface area contributed by atoms with E-state index in [1.165, 1.54) is 4.90 Å². The fraction of sp³-hybridized carbons (Fsp3) is 0.375. The van der Waals surface area contributed by atoms with Gasteiger partial charge in [-0.1, -0.05) is 59.0 Å². The monoisotopic (exact) mass is 415 g/mol. The number of esters is 1. The Kier molecular flexibility index (Phi) is 5.82. The third-order valence-corrected chi connectivity index (χ3v) is 4.18. The normalized spacial score (nSPS) is 20.6. The maximum Gasteiger partial charge on any atom is 0.413 e. The molecule has 1 saturated heterocycles. The third kappa shape index (κ3) is 3.43. The molecule has 2 rings (SSSR count). The van der Waals surface area contributed by atoms with Gasteiger partial charge in [0.15, 0.2) is 12.3 Å².